The number of rotatable bonds is 1. The summed E-state index contributed by atoms with van der Waals surface area (Å²) in [5.41, 5.74) is 6.85. The Bertz CT molecular complexity index is 385. The Morgan fingerprint density at radius 2 is 2.50 bits per heavy atom. The van der Waals surface area contributed by atoms with Crippen molar-refractivity contribution in [3.8, 4) is 0 Å². The average Bonchev–Trinajstić information content (AvgIpc) is 2.70. The van der Waals surface area contributed by atoms with Crippen LogP contribution in [0.4, 0.5) is 0 Å². The maximum atomic E-state index is 11.5. The number of nitrogens with zero attached hydrogens (tertiary/aromatic N) is 2. The minimum atomic E-state index is -0.988. The largest absolute Gasteiger partial charge is 0.467 e. The highest BCUT2D eigenvalue weighted by Crippen LogP contribution is 2.35. The van der Waals surface area contributed by atoms with Crippen LogP contribution in [0.5, 0.6) is 0 Å². The number of esters is 1. The highest BCUT2D eigenvalue weighted by atomic mass is 16.5. The van der Waals surface area contributed by atoms with E-state index in [4.69, 9.17) is 10.5 Å². The van der Waals surface area contributed by atoms with E-state index >= 15 is 0 Å². The van der Waals surface area contributed by atoms with E-state index in [2.05, 4.69) is 5.10 Å². The van der Waals surface area contributed by atoms with E-state index < -0.39 is 5.54 Å². The lowest BCUT2D eigenvalue weighted by Gasteiger charge is -2.19. The first-order chi connectivity index (χ1) is 6.59. The molecule has 0 bridgehead atoms. The second-order valence-corrected chi connectivity index (χ2v) is 3.59. The maximum Gasteiger partial charge on any atom is 0.330 e. The van der Waals surface area contributed by atoms with Crippen LogP contribution in [0.25, 0.3) is 0 Å². The molecule has 1 aromatic rings. The van der Waals surface area contributed by atoms with Crippen LogP contribution >= 0.6 is 0 Å². The zero-order chi connectivity index (χ0) is 10.3. The highest BCUT2D eigenvalue weighted by molar-refractivity contribution is 5.83. The molecular formula is C9H13N3O2. The smallest absolute Gasteiger partial charge is 0.330 e. The Morgan fingerprint density at radius 1 is 1.79 bits per heavy atom. The predicted molar refractivity (Wildman–Crippen MR) is 49.4 cm³/mol. The lowest BCUT2D eigenvalue weighted by Crippen LogP contribution is -2.43. The molecule has 0 aromatic carbocycles. The maximum absolute atomic E-state index is 11.5. The molecule has 2 N–H and O–H groups in total. The van der Waals surface area contributed by atoms with Gasteiger partial charge in [-0.05, 0) is 12.8 Å². The highest BCUT2D eigenvalue weighted by Gasteiger charge is 2.44. The molecular weight excluding hydrogens is 182 g/mol. The van der Waals surface area contributed by atoms with Crippen LogP contribution < -0.4 is 5.73 Å². The van der Waals surface area contributed by atoms with Crippen molar-refractivity contribution in [3.63, 3.8) is 0 Å². The predicted octanol–water partition coefficient (Wildman–Crippen LogP) is -0.307. The number of aryl methyl sites for hydroxylation is 1. The lowest BCUT2D eigenvalue weighted by atomic mass is 9.95. The summed E-state index contributed by atoms with van der Waals surface area (Å²) < 4.78 is 6.46. The van der Waals surface area contributed by atoms with Crippen LogP contribution in [-0.4, -0.2) is 22.9 Å². The van der Waals surface area contributed by atoms with Crippen molar-refractivity contribution in [1.29, 1.82) is 0 Å². The molecule has 14 heavy (non-hydrogen) atoms. The first-order valence-electron chi connectivity index (χ1n) is 4.48. The molecule has 0 radical (unpaired) electrons. The SMILES string of the molecule is COC(=O)C1(N)CCc2c1cnn2C. The van der Waals surface area contributed by atoms with Crippen molar-refractivity contribution in [1.82, 2.24) is 9.78 Å². The van der Waals surface area contributed by atoms with Crippen molar-refractivity contribution in [2.45, 2.75) is 18.4 Å². The number of methoxy groups -OCH3 is 1. The number of aromatic nitrogens is 2. The van der Waals surface area contributed by atoms with Gasteiger partial charge in [-0.25, -0.2) is 4.79 Å². The number of hydrogen-bond acceptors (Lipinski definition) is 4. The Morgan fingerprint density at radius 3 is 3.14 bits per heavy atom. The monoisotopic (exact) mass is 195 g/mol. The summed E-state index contributed by atoms with van der Waals surface area (Å²) in [5, 5.41) is 4.08. The zero-order valence-electron chi connectivity index (χ0n) is 8.28. The Balaban J connectivity index is 2.47. The minimum Gasteiger partial charge on any atom is -0.467 e. The molecule has 5 heteroatoms. The minimum absolute atomic E-state index is 0.385. The fraction of sp³-hybridized carbons (Fsp3) is 0.556. The molecule has 5 nitrogen and oxygen atoms in total. The third-order valence-corrected chi connectivity index (χ3v) is 2.85. The Labute approximate surface area is 81.8 Å². The van der Waals surface area contributed by atoms with Gasteiger partial charge < -0.3 is 10.5 Å². The molecule has 0 saturated carbocycles. The second-order valence-electron chi connectivity index (χ2n) is 3.59. The molecule has 1 aromatic heterocycles. The van der Waals surface area contributed by atoms with Crippen LogP contribution in [-0.2, 0) is 28.5 Å². The molecule has 1 atom stereocenters. The molecule has 1 aliphatic carbocycles. The molecule has 0 saturated heterocycles. The molecule has 0 aliphatic heterocycles. The third-order valence-electron chi connectivity index (χ3n) is 2.85. The zero-order valence-corrected chi connectivity index (χ0v) is 8.28. The van der Waals surface area contributed by atoms with Gasteiger partial charge in [-0.15, -0.1) is 0 Å². The summed E-state index contributed by atoms with van der Waals surface area (Å²) in [4.78, 5) is 11.5. The fourth-order valence-corrected chi connectivity index (χ4v) is 1.98. The van der Waals surface area contributed by atoms with Crippen molar-refractivity contribution >= 4 is 5.97 Å². The van der Waals surface area contributed by atoms with E-state index in [9.17, 15) is 4.79 Å². The number of carbonyl (C=O) groups is 1. The summed E-state index contributed by atoms with van der Waals surface area (Å²) in [6.45, 7) is 0. The molecule has 0 amide bonds. The molecule has 76 valence electrons. The van der Waals surface area contributed by atoms with Gasteiger partial charge in [-0.1, -0.05) is 0 Å². The number of carbonyl (C=O) groups excluding carboxylic acids is 1. The summed E-state index contributed by atoms with van der Waals surface area (Å²) >= 11 is 0. The van der Waals surface area contributed by atoms with E-state index in [1.807, 2.05) is 7.05 Å². The van der Waals surface area contributed by atoms with Crippen LogP contribution in [0, 0.1) is 0 Å². The van der Waals surface area contributed by atoms with Crippen molar-refractivity contribution in [2.24, 2.45) is 12.8 Å². The second kappa shape index (κ2) is 2.81. The first kappa shape index (κ1) is 9.21. The van der Waals surface area contributed by atoms with Crippen LogP contribution in [0.15, 0.2) is 6.20 Å². The number of hydrogen-bond donors (Lipinski definition) is 1. The Kier molecular flexibility index (Phi) is 1.85. The van der Waals surface area contributed by atoms with Crippen molar-refractivity contribution in [3.05, 3.63) is 17.5 Å². The number of nitrogens with two attached hydrogens (primary N) is 1. The van der Waals surface area contributed by atoms with Crippen LogP contribution in [0.3, 0.4) is 0 Å². The van der Waals surface area contributed by atoms with Crippen molar-refractivity contribution in [2.75, 3.05) is 7.11 Å². The van der Waals surface area contributed by atoms with Gasteiger partial charge in [0.15, 0.2) is 0 Å². The van der Waals surface area contributed by atoms with E-state index in [-0.39, 0.29) is 5.97 Å². The van der Waals surface area contributed by atoms with E-state index in [0.29, 0.717) is 6.42 Å². The summed E-state index contributed by atoms with van der Waals surface area (Å²) in [6.07, 6.45) is 3.03. The molecule has 0 fully saturated rings. The fourth-order valence-electron chi connectivity index (χ4n) is 1.98. The topological polar surface area (TPSA) is 70.1 Å². The van der Waals surface area contributed by atoms with Gasteiger partial charge >= 0.3 is 5.97 Å². The van der Waals surface area contributed by atoms with Gasteiger partial charge in [0.2, 0.25) is 0 Å². The van der Waals surface area contributed by atoms with Crippen LogP contribution in [0.1, 0.15) is 17.7 Å². The van der Waals surface area contributed by atoms with Gasteiger partial charge in [0.25, 0.3) is 0 Å². The van der Waals surface area contributed by atoms with E-state index in [1.54, 1.807) is 10.9 Å². The molecule has 2 rings (SSSR count). The van der Waals surface area contributed by atoms with E-state index in [0.717, 1.165) is 17.7 Å². The molecule has 1 heterocycles. The van der Waals surface area contributed by atoms with Gasteiger partial charge in [0, 0.05) is 18.3 Å². The summed E-state index contributed by atoms with van der Waals surface area (Å²) in [5.74, 6) is -0.385. The number of ether oxygens (including phenoxy) is 1. The molecule has 1 aliphatic rings. The van der Waals surface area contributed by atoms with E-state index in [1.165, 1.54) is 7.11 Å². The average molecular weight is 195 g/mol. The number of fused-ring (bicyclic) bond motifs is 1. The lowest BCUT2D eigenvalue weighted by molar-refractivity contribution is -0.147. The summed E-state index contributed by atoms with van der Waals surface area (Å²) in [7, 11) is 3.20. The Hall–Kier alpha value is -1.36. The van der Waals surface area contributed by atoms with Gasteiger partial charge in [0.05, 0.1) is 13.3 Å². The van der Waals surface area contributed by atoms with Gasteiger partial charge in [0.1, 0.15) is 5.54 Å². The molecule has 1 unspecified atom stereocenters. The van der Waals surface area contributed by atoms with Crippen molar-refractivity contribution < 1.29 is 9.53 Å². The normalized spacial score (nSPS) is 24.8. The van der Waals surface area contributed by atoms with Gasteiger partial charge in [-0.2, -0.15) is 5.10 Å². The first-order valence-corrected chi connectivity index (χ1v) is 4.48. The third kappa shape index (κ3) is 0.988. The van der Waals surface area contributed by atoms with Crippen LogP contribution in [0.2, 0.25) is 0 Å². The summed E-state index contributed by atoms with van der Waals surface area (Å²) in [6, 6.07) is 0. The standard InChI is InChI=1S/C9H13N3O2/c1-12-7-3-4-9(10,8(13)14-2)6(7)5-11-12/h5H,3-4,10H2,1-2H3. The van der Waals surface area contributed by atoms with Gasteiger partial charge in [-0.3, -0.25) is 4.68 Å². The molecule has 0 spiro atoms. The quantitative estimate of drug-likeness (QED) is 0.624.